The van der Waals surface area contributed by atoms with Crippen LogP contribution < -0.4 is 5.32 Å². The molecule has 1 rings (SSSR count). The fourth-order valence-electron chi connectivity index (χ4n) is 1.08. The molecule has 1 aliphatic heterocycles. The Bertz CT molecular complexity index is 116. The van der Waals surface area contributed by atoms with E-state index in [1.807, 2.05) is 0 Å². The van der Waals surface area contributed by atoms with Crippen molar-refractivity contribution in [3.63, 3.8) is 0 Å². The van der Waals surface area contributed by atoms with Gasteiger partial charge in [-0.15, -0.1) is 0 Å². The summed E-state index contributed by atoms with van der Waals surface area (Å²) in [6.07, 6.45) is 3.54. The van der Waals surface area contributed by atoms with Crippen molar-refractivity contribution in [3.05, 3.63) is 11.6 Å². The lowest BCUT2D eigenvalue weighted by Crippen LogP contribution is -2.19. The second kappa shape index (κ2) is 3.02. The maximum Gasteiger partial charge on any atom is 0.00142 e. The van der Waals surface area contributed by atoms with E-state index in [1.54, 1.807) is 5.57 Å². The van der Waals surface area contributed by atoms with Crippen molar-refractivity contribution in [1.82, 2.24) is 5.32 Å². The summed E-state index contributed by atoms with van der Waals surface area (Å²) in [5.74, 6) is 0.743. The molecular weight excluding hydrogens is 110 g/mol. The van der Waals surface area contributed by atoms with Crippen molar-refractivity contribution in [2.24, 2.45) is 5.92 Å². The fraction of sp³-hybridized carbons (Fsp3) is 0.750. The highest BCUT2D eigenvalue weighted by atomic mass is 14.9. The standard InChI is InChI=1S/C8H15N/c1-7-4-3-5-9-6-8(7)2/h4,8-9H,3,5-6H2,1-2H3. The minimum atomic E-state index is 0.743. The third kappa shape index (κ3) is 1.83. The monoisotopic (exact) mass is 125 g/mol. The molecule has 0 aliphatic carbocycles. The van der Waals surface area contributed by atoms with Gasteiger partial charge >= 0.3 is 0 Å². The molecule has 0 aromatic heterocycles. The second-order valence-corrected chi connectivity index (χ2v) is 2.84. The van der Waals surface area contributed by atoms with Crippen LogP contribution in [0.3, 0.4) is 0 Å². The molecule has 1 nitrogen and oxygen atoms in total. The molecule has 1 atom stereocenters. The average molecular weight is 125 g/mol. The first kappa shape index (κ1) is 6.81. The highest BCUT2D eigenvalue weighted by molar-refractivity contribution is 5.04. The van der Waals surface area contributed by atoms with Gasteiger partial charge in [0.15, 0.2) is 0 Å². The molecule has 1 heteroatoms. The van der Waals surface area contributed by atoms with Crippen LogP contribution in [0.5, 0.6) is 0 Å². The van der Waals surface area contributed by atoms with E-state index in [2.05, 4.69) is 25.2 Å². The molecular formula is C8H15N. The molecule has 1 N–H and O–H groups in total. The average Bonchev–Trinajstić information content (AvgIpc) is 1.99. The van der Waals surface area contributed by atoms with Gasteiger partial charge in [-0.2, -0.15) is 0 Å². The normalized spacial score (nSPS) is 29.1. The van der Waals surface area contributed by atoms with Crippen LogP contribution in [0.4, 0.5) is 0 Å². The van der Waals surface area contributed by atoms with E-state index in [9.17, 15) is 0 Å². The SMILES string of the molecule is CC1=CCCNCC1C. The molecule has 0 amide bonds. The number of hydrogen-bond donors (Lipinski definition) is 1. The van der Waals surface area contributed by atoms with Crippen LogP contribution in [0, 0.1) is 5.92 Å². The van der Waals surface area contributed by atoms with E-state index in [0.29, 0.717) is 0 Å². The summed E-state index contributed by atoms with van der Waals surface area (Å²) in [5.41, 5.74) is 1.54. The molecule has 0 saturated heterocycles. The highest BCUT2D eigenvalue weighted by Crippen LogP contribution is 2.10. The molecule has 52 valence electrons. The van der Waals surface area contributed by atoms with E-state index >= 15 is 0 Å². The molecule has 1 unspecified atom stereocenters. The van der Waals surface area contributed by atoms with Gasteiger partial charge in [0, 0.05) is 6.54 Å². The molecule has 0 aromatic rings. The fourth-order valence-corrected chi connectivity index (χ4v) is 1.08. The minimum absolute atomic E-state index is 0.743. The zero-order valence-electron chi connectivity index (χ0n) is 6.28. The molecule has 1 aliphatic rings. The highest BCUT2D eigenvalue weighted by Gasteiger charge is 2.05. The molecule has 0 bridgehead atoms. The summed E-state index contributed by atoms with van der Waals surface area (Å²) < 4.78 is 0. The molecule has 9 heavy (non-hydrogen) atoms. The molecule has 0 saturated carbocycles. The predicted octanol–water partition coefficient (Wildman–Crippen LogP) is 1.56. The van der Waals surface area contributed by atoms with E-state index < -0.39 is 0 Å². The first-order chi connectivity index (χ1) is 4.30. The lowest BCUT2D eigenvalue weighted by molar-refractivity contribution is 0.597. The van der Waals surface area contributed by atoms with Crippen molar-refractivity contribution in [1.29, 1.82) is 0 Å². The van der Waals surface area contributed by atoms with Crippen LogP contribution in [0.2, 0.25) is 0 Å². The zero-order chi connectivity index (χ0) is 6.69. The van der Waals surface area contributed by atoms with E-state index in [1.165, 1.54) is 6.42 Å². The Balaban J connectivity index is 2.51. The van der Waals surface area contributed by atoms with Crippen molar-refractivity contribution < 1.29 is 0 Å². The van der Waals surface area contributed by atoms with Gasteiger partial charge in [-0.1, -0.05) is 18.6 Å². The Morgan fingerprint density at radius 1 is 1.67 bits per heavy atom. The van der Waals surface area contributed by atoms with Crippen LogP contribution in [-0.2, 0) is 0 Å². The lowest BCUT2D eigenvalue weighted by Gasteiger charge is -2.07. The maximum absolute atomic E-state index is 3.38. The van der Waals surface area contributed by atoms with Crippen molar-refractivity contribution in [2.45, 2.75) is 20.3 Å². The van der Waals surface area contributed by atoms with Crippen LogP contribution in [0.1, 0.15) is 20.3 Å². The van der Waals surface area contributed by atoms with Gasteiger partial charge in [0.05, 0.1) is 0 Å². The summed E-state index contributed by atoms with van der Waals surface area (Å²) in [7, 11) is 0. The van der Waals surface area contributed by atoms with Gasteiger partial charge in [0.2, 0.25) is 0 Å². The summed E-state index contributed by atoms with van der Waals surface area (Å²) in [6, 6.07) is 0. The van der Waals surface area contributed by atoms with Crippen LogP contribution in [0.25, 0.3) is 0 Å². The maximum atomic E-state index is 3.38. The van der Waals surface area contributed by atoms with Crippen molar-refractivity contribution >= 4 is 0 Å². The van der Waals surface area contributed by atoms with Crippen molar-refractivity contribution in [3.8, 4) is 0 Å². The zero-order valence-corrected chi connectivity index (χ0v) is 6.28. The minimum Gasteiger partial charge on any atom is -0.316 e. The van der Waals surface area contributed by atoms with Crippen molar-refractivity contribution in [2.75, 3.05) is 13.1 Å². The number of rotatable bonds is 0. The van der Waals surface area contributed by atoms with Gasteiger partial charge in [-0.25, -0.2) is 0 Å². The van der Waals surface area contributed by atoms with Crippen LogP contribution in [-0.4, -0.2) is 13.1 Å². The van der Waals surface area contributed by atoms with Gasteiger partial charge in [0.25, 0.3) is 0 Å². The van der Waals surface area contributed by atoms with Gasteiger partial charge in [0.1, 0.15) is 0 Å². The number of nitrogens with one attached hydrogen (secondary N) is 1. The summed E-state index contributed by atoms with van der Waals surface area (Å²) in [6.45, 7) is 6.80. The predicted molar refractivity (Wildman–Crippen MR) is 40.4 cm³/mol. The smallest absolute Gasteiger partial charge is 0.00142 e. The lowest BCUT2D eigenvalue weighted by atomic mass is 10.0. The molecule has 1 heterocycles. The topological polar surface area (TPSA) is 12.0 Å². The first-order valence-electron chi connectivity index (χ1n) is 3.68. The number of hydrogen-bond acceptors (Lipinski definition) is 1. The second-order valence-electron chi connectivity index (χ2n) is 2.84. The first-order valence-corrected chi connectivity index (χ1v) is 3.68. The van der Waals surface area contributed by atoms with Crippen LogP contribution in [0.15, 0.2) is 11.6 Å². The Morgan fingerprint density at radius 3 is 3.22 bits per heavy atom. The third-order valence-corrected chi connectivity index (χ3v) is 2.02. The largest absolute Gasteiger partial charge is 0.316 e. The quantitative estimate of drug-likeness (QED) is 0.484. The Kier molecular flexibility index (Phi) is 2.29. The Hall–Kier alpha value is -0.300. The van der Waals surface area contributed by atoms with E-state index in [4.69, 9.17) is 0 Å². The molecule has 0 spiro atoms. The van der Waals surface area contributed by atoms with E-state index in [0.717, 1.165) is 19.0 Å². The van der Waals surface area contributed by atoms with Gasteiger partial charge < -0.3 is 5.32 Å². The molecule has 0 radical (unpaired) electrons. The van der Waals surface area contributed by atoms with Gasteiger partial charge in [-0.05, 0) is 25.8 Å². The summed E-state index contributed by atoms with van der Waals surface area (Å²) in [4.78, 5) is 0. The molecule has 0 fully saturated rings. The van der Waals surface area contributed by atoms with E-state index in [-0.39, 0.29) is 0 Å². The third-order valence-electron chi connectivity index (χ3n) is 2.02. The van der Waals surface area contributed by atoms with Gasteiger partial charge in [-0.3, -0.25) is 0 Å². The molecule has 0 aromatic carbocycles. The summed E-state index contributed by atoms with van der Waals surface area (Å²) >= 11 is 0. The Morgan fingerprint density at radius 2 is 2.44 bits per heavy atom. The Labute approximate surface area is 57.1 Å². The van der Waals surface area contributed by atoms with Crippen LogP contribution >= 0.6 is 0 Å². The summed E-state index contributed by atoms with van der Waals surface area (Å²) in [5, 5.41) is 3.38.